The monoisotopic (exact) mass is 385 g/mol. The van der Waals surface area contributed by atoms with Crippen molar-refractivity contribution in [2.24, 2.45) is 5.92 Å². The van der Waals surface area contributed by atoms with Crippen molar-refractivity contribution in [3.8, 4) is 0 Å². The lowest BCUT2D eigenvalue weighted by Gasteiger charge is -2.55. The van der Waals surface area contributed by atoms with Gasteiger partial charge in [0.05, 0.1) is 5.57 Å². The standard InChI is InChI=1S/C23H31NO4/c1-16(20(25)26)11-19(21(27)28)12-18-13-22(2,3)24(23(4,5)14-18)15-17-9-7-6-8-10-17/h6-12,18H,13-15H2,1-5H3,(H,25,26)(H,27,28). The van der Waals surface area contributed by atoms with E-state index in [2.05, 4.69) is 44.7 Å². The highest BCUT2D eigenvalue weighted by Crippen LogP contribution is 2.43. The highest BCUT2D eigenvalue weighted by Gasteiger charge is 2.44. The zero-order valence-corrected chi connectivity index (χ0v) is 17.4. The molecule has 0 spiro atoms. The minimum atomic E-state index is -1.11. The molecule has 0 unspecified atom stereocenters. The van der Waals surface area contributed by atoms with E-state index in [1.165, 1.54) is 18.6 Å². The van der Waals surface area contributed by atoms with Crippen molar-refractivity contribution in [2.75, 3.05) is 0 Å². The number of hydrogen-bond acceptors (Lipinski definition) is 3. The Morgan fingerprint density at radius 3 is 2.04 bits per heavy atom. The molecule has 1 aliphatic heterocycles. The molecule has 0 radical (unpaired) electrons. The molecule has 0 amide bonds. The molecule has 0 bridgehead atoms. The van der Waals surface area contributed by atoms with Crippen LogP contribution in [-0.2, 0) is 16.1 Å². The van der Waals surface area contributed by atoms with E-state index in [0.29, 0.717) is 0 Å². The number of carbonyl (C=O) groups is 2. The van der Waals surface area contributed by atoms with Crippen molar-refractivity contribution in [3.05, 3.63) is 59.2 Å². The topological polar surface area (TPSA) is 77.8 Å². The van der Waals surface area contributed by atoms with Crippen molar-refractivity contribution in [1.29, 1.82) is 0 Å². The second-order valence-electron chi connectivity index (χ2n) is 8.92. The molecule has 1 aromatic carbocycles. The van der Waals surface area contributed by atoms with Crippen molar-refractivity contribution in [1.82, 2.24) is 4.90 Å². The van der Waals surface area contributed by atoms with Crippen molar-refractivity contribution >= 4 is 11.9 Å². The Balaban J connectivity index is 2.30. The van der Waals surface area contributed by atoms with E-state index >= 15 is 0 Å². The Hall–Kier alpha value is -2.40. The number of carboxylic acid groups (broad SMARTS) is 2. The molecule has 5 nitrogen and oxygen atoms in total. The number of aliphatic carboxylic acids is 2. The molecule has 28 heavy (non-hydrogen) atoms. The highest BCUT2D eigenvalue weighted by molar-refractivity contribution is 5.94. The van der Waals surface area contributed by atoms with Gasteiger partial charge in [0.25, 0.3) is 0 Å². The largest absolute Gasteiger partial charge is 0.478 e. The molecule has 1 saturated heterocycles. The van der Waals surface area contributed by atoms with Crippen LogP contribution < -0.4 is 0 Å². The predicted octanol–water partition coefficient (Wildman–Crippen LogP) is 4.50. The van der Waals surface area contributed by atoms with Crippen LogP contribution in [0.25, 0.3) is 0 Å². The summed E-state index contributed by atoms with van der Waals surface area (Å²) in [6.07, 6.45) is 4.60. The number of piperidine rings is 1. The molecule has 0 aromatic heterocycles. The van der Waals surface area contributed by atoms with E-state index in [9.17, 15) is 14.7 Å². The lowest BCUT2D eigenvalue weighted by atomic mass is 9.73. The molecular formula is C23H31NO4. The molecule has 0 aliphatic carbocycles. The molecule has 1 heterocycles. The Bertz CT molecular complexity index is 772. The van der Waals surface area contributed by atoms with Gasteiger partial charge in [-0.2, -0.15) is 0 Å². The molecule has 0 atom stereocenters. The maximum Gasteiger partial charge on any atom is 0.335 e. The molecule has 5 heteroatoms. The molecule has 2 N–H and O–H groups in total. The van der Waals surface area contributed by atoms with E-state index in [1.807, 2.05) is 18.2 Å². The second kappa shape index (κ2) is 8.31. The van der Waals surface area contributed by atoms with Gasteiger partial charge in [-0.15, -0.1) is 0 Å². The van der Waals surface area contributed by atoms with Gasteiger partial charge in [-0.1, -0.05) is 36.4 Å². The molecule has 0 saturated carbocycles. The summed E-state index contributed by atoms with van der Waals surface area (Å²) in [5.74, 6) is -2.14. The van der Waals surface area contributed by atoms with Gasteiger partial charge in [0.2, 0.25) is 0 Å². The van der Waals surface area contributed by atoms with Gasteiger partial charge in [-0.3, -0.25) is 4.90 Å². The number of benzene rings is 1. The number of hydrogen-bond donors (Lipinski definition) is 2. The zero-order chi connectivity index (χ0) is 21.1. The quantitative estimate of drug-likeness (QED) is 0.557. The fourth-order valence-electron chi connectivity index (χ4n) is 4.44. The fourth-order valence-corrected chi connectivity index (χ4v) is 4.44. The van der Waals surface area contributed by atoms with E-state index < -0.39 is 11.9 Å². The first-order valence-electron chi connectivity index (χ1n) is 9.61. The smallest absolute Gasteiger partial charge is 0.335 e. The van der Waals surface area contributed by atoms with Gasteiger partial charge in [-0.05, 0) is 65.0 Å². The number of rotatable bonds is 6. The highest BCUT2D eigenvalue weighted by atomic mass is 16.4. The summed E-state index contributed by atoms with van der Waals surface area (Å²) in [4.78, 5) is 25.2. The van der Waals surface area contributed by atoms with Crippen LogP contribution in [0.15, 0.2) is 53.6 Å². The summed E-state index contributed by atoms with van der Waals surface area (Å²) >= 11 is 0. The Kier molecular flexibility index (Phi) is 6.50. The van der Waals surface area contributed by atoms with Gasteiger partial charge >= 0.3 is 11.9 Å². The summed E-state index contributed by atoms with van der Waals surface area (Å²) < 4.78 is 0. The van der Waals surface area contributed by atoms with Crippen LogP contribution in [0.2, 0.25) is 0 Å². The van der Waals surface area contributed by atoms with E-state index in [4.69, 9.17) is 5.11 Å². The number of likely N-dealkylation sites (tertiary alicyclic amines) is 1. The van der Waals surface area contributed by atoms with E-state index in [0.717, 1.165) is 19.4 Å². The SMILES string of the molecule is CC(=CC(=CC1CC(C)(C)N(Cc2ccccc2)C(C)(C)C1)C(=O)O)C(=O)O. The van der Waals surface area contributed by atoms with Crippen LogP contribution in [-0.4, -0.2) is 38.1 Å². The lowest BCUT2D eigenvalue weighted by molar-refractivity contribution is -0.132. The third kappa shape index (κ3) is 5.32. The van der Waals surface area contributed by atoms with Gasteiger partial charge in [0, 0.05) is 23.2 Å². The number of allylic oxidation sites excluding steroid dienone is 1. The van der Waals surface area contributed by atoms with Gasteiger partial charge in [0.1, 0.15) is 0 Å². The van der Waals surface area contributed by atoms with E-state index in [-0.39, 0.29) is 28.1 Å². The van der Waals surface area contributed by atoms with Crippen LogP contribution in [0.4, 0.5) is 0 Å². The Morgan fingerprint density at radius 1 is 1.04 bits per heavy atom. The average Bonchev–Trinajstić information content (AvgIpc) is 2.57. The summed E-state index contributed by atoms with van der Waals surface area (Å²) in [7, 11) is 0. The molecule has 1 aliphatic rings. The van der Waals surface area contributed by atoms with Gasteiger partial charge < -0.3 is 10.2 Å². The van der Waals surface area contributed by atoms with Crippen molar-refractivity contribution in [3.63, 3.8) is 0 Å². The van der Waals surface area contributed by atoms with Crippen LogP contribution >= 0.6 is 0 Å². The van der Waals surface area contributed by atoms with E-state index in [1.54, 1.807) is 6.08 Å². The summed E-state index contributed by atoms with van der Waals surface area (Å²) in [5.41, 5.74) is 1.06. The first kappa shape index (κ1) is 21.9. The van der Waals surface area contributed by atoms with Gasteiger partial charge in [-0.25, -0.2) is 9.59 Å². The minimum Gasteiger partial charge on any atom is -0.478 e. The fraction of sp³-hybridized carbons (Fsp3) is 0.478. The number of nitrogens with zero attached hydrogens (tertiary/aromatic N) is 1. The predicted molar refractivity (Wildman–Crippen MR) is 110 cm³/mol. The molecule has 152 valence electrons. The summed E-state index contributed by atoms with van der Waals surface area (Å²) in [5, 5.41) is 18.6. The second-order valence-corrected chi connectivity index (χ2v) is 8.92. The Morgan fingerprint density at radius 2 is 1.57 bits per heavy atom. The lowest BCUT2D eigenvalue weighted by Crippen LogP contribution is -2.59. The average molecular weight is 386 g/mol. The van der Waals surface area contributed by atoms with Crippen LogP contribution in [0.5, 0.6) is 0 Å². The normalized spacial score (nSPS) is 20.8. The Labute approximate surface area is 167 Å². The minimum absolute atomic E-state index is 0.0219. The van der Waals surface area contributed by atoms with Crippen LogP contribution in [0.3, 0.4) is 0 Å². The maximum absolute atomic E-state index is 11.6. The molecule has 1 fully saturated rings. The summed E-state index contributed by atoms with van der Waals surface area (Å²) in [6.45, 7) is 11.0. The van der Waals surface area contributed by atoms with Crippen LogP contribution in [0.1, 0.15) is 53.0 Å². The first-order chi connectivity index (χ1) is 12.9. The number of carboxylic acids is 2. The molecular weight excluding hydrogens is 354 g/mol. The molecule has 1 aromatic rings. The summed E-state index contributed by atoms with van der Waals surface area (Å²) in [6, 6.07) is 10.3. The maximum atomic E-state index is 11.6. The van der Waals surface area contributed by atoms with Crippen molar-refractivity contribution in [2.45, 2.75) is 65.1 Å². The zero-order valence-electron chi connectivity index (χ0n) is 17.4. The van der Waals surface area contributed by atoms with Gasteiger partial charge in [0.15, 0.2) is 0 Å². The third-order valence-corrected chi connectivity index (χ3v) is 5.54. The molecule has 2 rings (SSSR count). The van der Waals surface area contributed by atoms with Crippen molar-refractivity contribution < 1.29 is 19.8 Å². The van der Waals surface area contributed by atoms with Crippen LogP contribution in [0, 0.1) is 5.92 Å². The third-order valence-electron chi connectivity index (χ3n) is 5.54. The first-order valence-corrected chi connectivity index (χ1v) is 9.61.